The molecule has 1 amide bonds. The van der Waals surface area contributed by atoms with E-state index in [1.165, 1.54) is 13.0 Å². The van der Waals surface area contributed by atoms with E-state index in [4.69, 9.17) is 0 Å². The zero-order valence-corrected chi connectivity index (χ0v) is 11.5. The van der Waals surface area contributed by atoms with Gasteiger partial charge in [-0.3, -0.25) is 4.79 Å². The molecule has 0 aliphatic rings. The summed E-state index contributed by atoms with van der Waals surface area (Å²) in [7, 11) is 1.15. The standard InChI is InChI=1S/C13H17FN2O4/c1-4-9-8(14)5-6-10(15-9)12(18)16-11(7(2)17)13(19)20-3/h5-7,11,17H,4H2,1-3H3,(H,16,18). The van der Waals surface area contributed by atoms with Crippen LogP contribution >= 0.6 is 0 Å². The topological polar surface area (TPSA) is 88.5 Å². The number of esters is 1. The van der Waals surface area contributed by atoms with E-state index in [-0.39, 0.29) is 11.4 Å². The number of methoxy groups -OCH3 is 1. The van der Waals surface area contributed by atoms with Crippen LogP contribution in [-0.2, 0) is 16.0 Å². The van der Waals surface area contributed by atoms with Gasteiger partial charge in [0.05, 0.1) is 18.9 Å². The molecule has 0 radical (unpaired) electrons. The second kappa shape index (κ2) is 6.95. The molecule has 0 aromatic carbocycles. The fourth-order valence-corrected chi connectivity index (χ4v) is 1.58. The number of pyridine rings is 1. The summed E-state index contributed by atoms with van der Waals surface area (Å²) in [5, 5.41) is 11.8. The molecule has 1 rings (SSSR count). The molecule has 2 N–H and O–H groups in total. The maximum atomic E-state index is 13.3. The van der Waals surface area contributed by atoms with Crippen molar-refractivity contribution in [1.29, 1.82) is 0 Å². The van der Waals surface area contributed by atoms with E-state index in [1.807, 2.05) is 0 Å². The average molecular weight is 284 g/mol. The van der Waals surface area contributed by atoms with Gasteiger partial charge in [0, 0.05) is 0 Å². The minimum Gasteiger partial charge on any atom is -0.467 e. The summed E-state index contributed by atoms with van der Waals surface area (Å²) in [5.74, 6) is -1.95. The Bertz CT molecular complexity index is 505. The molecule has 1 aromatic heterocycles. The molecule has 0 aliphatic carbocycles. The van der Waals surface area contributed by atoms with Crippen molar-refractivity contribution < 1.29 is 23.8 Å². The molecule has 2 unspecified atom stereocenters. The van der Waals surface area contributed by atoms with E-state index in [2.05, 4.69) is 15.0 Å². The number of hydrogen-bond acceptors (Lipinski definition) is 5. The lowest BCUT2D eigenvalue weighted by molar-refractivity contribution is -0.145. The van der Waals surface area contributed by atoms with Crippen molar-refractivity contribution >= 4 is 11.9 Å². The molecule has 0 aliphatic heterocycles. The van der Waals surface area contributed by atoms with Crippen molar-refractivity contribution in [3.05, 3.63) is 29.3 Å². The van der Waals surface area contributed by atoms with Gasteiger partial charge in [-0.1, -0.05) is 6.92 Å². The van der Waals surface area contributed by atoms with Gasteiger partial charge >= 0.3 is 5.97 Å². The van der Waals surface area contributed by atoms with Crippen molar-refractivity contribution in [3.63, 3.8) is 0 Å². The van der Waals surface area contributed by atoms with Crippen molar-refractivity contribution in [2.24, 2.45) is 0 Å². The van der Waals surface area contributed by atoms with Crippen LogP contribution in [0.25, 0.3) is 0 Å². The van der Waals surface area contributed by atoms with Gasteiger partial charge in [0.15, 0.2) is 6.04 Å². The lowest BCUT2D eigenvalue weighted by Crippen LogP contribution is -2.48. The first-order valence-corrected chi connectivity index (χ1v) is 6.12. The minimum absolute atomic E-state index is 0.0298. The first kappa shape index (κ1) is 16.0. The van der Waals surface area contributed by atoms with Gasteiger partial charge in [0.2, 0.25) is 0 Å². The van der Waals surface area contributed by atoms with Crippen LogP contribution in [-0.4, -0.2) is 41.2 Å². The average Bonchev–Trinajstić information content (AvgIpc) is 2.43. The summed E-state index contributed by atoms with van der Waals surface area (Å²) in [4.78, 5) is 27.2. The molecule has 2 atom stereocenters. The zero-order valence-electron chi connectivity index (χ0n) is 11.5. The SMILES string of the molecule is CCc1nc(C(=O)NC(C(=O)OC)C(C)O)ccc1F. The van der Waals surface area contributed by atoms with Gasteiger partial charge in [-0.2, -0.15) is 0 Å². The Morgan fingerprint density at radius 2 is 2.15 bits per heavy atom. The van der Waals surface area contributed by atoms with Crippen LogP contribution in [0.5, 0.6) is 0 Å². The van der Waals surface area contributed by atoms with E-state index in [0.717, 1.165) is 13.2 Å². The molecule has 110 valence electrons. The number of nitrogens with zero attached hydrogens (tertiary/aromatic N) is 1. The Morgan fingerprint density at radius 1 is 1.50 bits per heavy atom. The van der Waals surface area contributed by atoms with E-state index >= 15 is 0 Å². The Kier molecular flexibility index (Phi) is 5.57. The van der Waals surface area contributed by atoms with Crippen LogP contribution < -0.4 is 5.32 Å². The summed E-state index contributed by atoms with van der Waals surface area (Å²) in [6.45, 7) is 3.05. The lowest BCUT2D eigenvalue weighted by atomic mass is 10.1. The highest BCUT2D eigenvalue weighted by Crippen LogP contribution is 2.07. The van der Waals surface area contributed by atoms with Crippen LogP contribution in [0.4, 0.5) is 4.39 Å². The summed E-state index contributed by atoms with van der Waals surface area (Å²) >= 11 is 0. The number of carbonyl (C=O) groups excluding carboxylic acids is 2. The lowest BCUT2D eigenvalue weighted by Gasteiger charge is -2.18. The normalized spacial score (nSPS) is 13.4. The van der Waals surface area contributed by atoms with Crippen molar-refractivity contribution in [3.8, 4) is 0 Å². The maximum Gasteiger partial charge on any atom is 0.331 e. The molecule has 20 heavy (non-hydrogen) atoms. The van der Waals surface area contributed by atoms with Gasteiger partial charge in [0.1, 0.15) is 11.5 Å². The number of nitrogens with one attached hydrogen (secondary N) is 1. The number of ether oxygens (including phenoxy) is 1. The fourth-order valence-electron chi connectivity index (χ4n) is 1.58. The predicted molar refractivity (Wildman–Crippen MR) is 68.5 cm³/mol. The largest absolute Gasteiger partial charge is 0.467 e. The van der Waals surface area contributed by atoms with E-state index in [0.29, 0.717) is 6.42 Å². The van der Waals surface area contributed by atoms with Crippen LogP contribution in [0.2, 0.25) is 0 Å². The third-order valence-electron chi connectivity index (χ3n) is 2.71. The number of aliphatic hydroxyl groups excluding tert-OH is 1. The predicted octanol–water partition coefficient (Wildman–Crippen LogP) is 0.435. The molecule has 0 saturated carbocycles. The third-order valence-corrected chi connectivity index (χ3v) is 2.71. The van der Waals surface area contributed by atoms with Crippen molar-refractivity contribution in [2.75, 3.05) is 7.11 Å². The number of aliphatic hydroxyl groups is 1. The Hall–Kier alpha value is -2.02. The summed E-state index contributed by atoms with van der Waals surface area (Å²) in [6, 6.07) is 1.14. The molecule has 7 heteroatoms. The molecule has 6 nitrogen and oxygen atoms in total. The number of rotatable bonds is 5. The molecule has 1 aromatic rings. The third kappa shape index (κ3) is 3.74. The Labute approximate surface area is 116 Å². The summed E-state index contributed by atoms with van der Waals surface area (Å²) in [6.07, 6.45) is -0.790. The van der Waals surface area contributed by atoms with Crippen molar-refractivity contribution in [1.82, 2.24) is 10.3 Å². The van der Waals surface area contributed by atoms with Crippen molar-refractivity contribution in [2.45, 2.75) is 32.4 Å². The monoisotopic (exact) mass is 284 g/mol. The van der Waals surface area contributed by atoms with Crippen LogP contribution in [0.1, 0.15) is 30.0 Å². The smallest absolute Gasteiger partial charge is 0.331 e. The molecule has 0 fully saturated rings. The molecule has 0 bridgehead atoms. The van der Waals surface area contributed by atoms with Crippen LogP contribution in [0, 0.1) is 5.82 Å². The first-order chi connectivity index (χ1) is 9.40. The molecular formula is C13H17FN2O4. The van der Waals surface area contributed by atoms with Gasteiger partial charge in [-0.05, 0) is 25.5 Å². The molecular weight excluding hydrogens is 267 g/mol. The Balaban J connectivity index is 2.92. The second-order valence-corrected chi connectivity index (χ2v) is 4.19. The van der Waals surface area contributed by atoms with E-state index in [9.17, 15) is 19.1 Å². The number of carbonyl (C=O) groups is 2. The molecule has 0 saturated heterocycles. The number of halogens is 1. The minimum atomic E-state index is -1.20. The number of aryl methyl sites for hydroxylation is 1. The highest BCUT2D eigenvalue weighted by atomic mass is 19.1. The van der Waals surface area contributed by atoms with Gasteiger partial charge < -0.3 is 15.2 Å². The van der Waals surface area contributed by atoms with Gasteiger partial charge in [-0.25, -0.2) is 14.2 Å². The molecule has 1 heterocycles. The Morgan fingerprint density at radius 3 is 2.65 bits per heavy atom. The fraction of sp³-hybridized carbons (Fsp3) is 0.462. The number of amides is 1. The van der Waals surface area contributed by atoms with Crippen LogP contribution in [0.3, 0.4) is 0 Å². The quantitative estimate of drug-likeness (QED) is 0.766. The number of hydrogen-bond donors (Lipinski definition) is 2. The maximum absolute atomic E-state index is 13.3. The highest BCUT2D eigenvalue weighted by molar-refractivity contribution is 5.95. The zero-order chi connectivity index (χ0) is 15.3. The van der Waals surface area contributed by atoms with E-state index < -0.39 is 29.8 Å². The van der Waals surface area contributed by atoms with Gasteiger partial charge in [-0.15, -0.1) is 0 Å². The van der Waals surface area contributed by atoms with Gasteiger partial charge in [0.25, 0.3) is 5.91 Å². The highest BCUT2D eigenvalue weighted by Gasteiger charge is 2.27. The molecule has 0 spiro atoms. The summed E-state index contributed by atoms with van der Waals surface area (Å²) in [5.41, 5.74) is 0.127. The van der Waals surface area contributed by atoms with E-state index in [1.54, 1.807) is 6.92 Å². The number of aromatic nitrogens is 1. The second-order valence-electron chi connectivity index (χ2n) is 4.19. The van der Waals surface area contributed by atoms with Crippen LogP contribution in [0.15, 0.2) is 12.1 Å². The first-order valence-electron chi connectivity index (χ1n) is 6.12. The summed E-state index contributed by atoms with van der Waals surface area (Å²) < 4.78 is 17.8.